The highest BCUT2D eigenvalue weighted by Gasteiger charge is 2.14. The zero-order chi connectivity index (χ0) is 13.0. The van der Waals surface area contributed by atoms with E-state index in [4.69, 9.17) is 14.6 Å². The molecule has 0 aliphatic carbocycles. The van der Waals surface area contributed by atoms with Crippen molar-refractivity contribution in [3.63, 3.8) is 0 Å². The van der Waals surface area contributed by atoms with E-state index < -0.39 is 18.6 Å². The van der Waals surface area contributed by atoms with Crippen LogP contribution in [0.4, 0.5) is 10.5 Å². The van der Waals surface area contributed by atoms with Crippen LogP contribution in [0.1, 0.15) is 0 Å². The van der Waals surface area contributed by atoms with Crippen molar-refractivity contribution in [3.05, 3.63) is 18.2 Å². The van der Waals surface area contributed by atoms with Crippen LogP contribution in [0.2, 0.25) is 0 Å². The van der Waals surface area contributed by atoms with Crippen molar-refractivity contribution in [2.45, 2.75) is 0 Å². The first-order valence-electron chi connectivity index (χ1n) is 4.95. The van der Waals surface area contributed by atoms with Gasteiger partial charge in [0.05, 0.1) is 0 Å². The van der Waals surface area contributed by atoms with Crippen LogP contribution in [-0.4, -0.2) is 30.5 Å². The first-order valence-corrected chi connectivity index (χ1v) is 4.95. The van der Waals surface area contributed by atoms with Gasteiger partial charge in [0.15, 0.2) is 18.1 Å². The highest BCUT2D eigenvalue weighted by Crippen LogP contribution is 2.34. The van der Waals surface area contributed by atoms with Crippen LogP contribution >= 0.6 is 0 Å². The smallest absolute Gasteiger partial charge is 0.343 e. The fourth-order valence-corrected chi connectivity index (χ4v) is 1.29. The summed E-state index contributed by atoms with van der Waals surface area (Å²) in [7, 11) is 0. The number of amides is 2. The minimum absolute atomic E-state index is 0.146. The molecule has 0 saturated carbocycles. The van der Waals surface area contributed by atoms with Crippen LogP contribution in [-0.2, 0) is 9.63 Å². The van der Waals surface area contributed by atoms with Gasteiger partial charge in [-0.1, -0.05) is 0 Å². The summed E-state index contributed by atoms with van der Waals surface area (Å²) >= 11 is 0. The molecule has 1 aromatic carbocycles. The summed E-state index contributed by atoms with van der Waals surface area (Å²) < 4.78 is 10.2. The van der Waals surface area contributed by atoms with E-state index in [9.17, 15) is 9.59 Å². The standard InChI is InChI=1S/C10H10N2O6/c13-9(14)4-18-12-10(15)11-6-1-2-7-8(3-6)17-5-16-7/h1-3H,4-5H2,(H,13,14)(H2,11,12,15). The number of carboxylic acids is 1. The zero-order valence-corrected chi connectivity index (χ0v) is 9.13. The van der Waals surface area contributed by atoms with Crippen LogP contribution in [0.5, 0.6) is 11.5 Å². The summed E-state index contributed by atoms with van der Waals surface area (Å²) in [6.07, 6.45) is 0. The second-order valence-electron chi connectivity index (χ2n) is 3.31. The molecule has 1 heterocycles. The number of carbonyl (C=O) groups is 2. The molecule has 0 fully saturated rings. The number of ether oxygens (including phenoxy) is 2. The van der Waals surface area contributed by atoms with E-state index in [0.717, 1.165) is 0 Å². The number of rotatable bonds is 4. The number of fused-ring (bicyclic) bond motifs is 1. The second-order valence-corrected chi connectivity index (χ2v) is 3.31. The zero-order valence-electron chi connectivity index (χ0n) is 9.13. The van der Waals surface area contributed by atoms with Crippen molar-refractivity contribution in [2.75, 3.05) is 18.7 Å². The molecule has 0 aromatic heterocycles. The number of nitrogens with one attached hydrogen (secondary N) is 2. The number of urea groups is 1. The van der Waals surface area contributed by atoms with Crippen molar-refractivity contribution >= 4 is 17.7 Å². The minimum Gasteiger partial charge on any atom is -0.479 e. The molecule has 0 atom stereocenters. The molecule has 8 nitrogen and oxygen atoms in total. The van der Waals surface area contributed by atoms with E-state index in [1.165, 1.54) is 0 Å². The van der Waals surface area contributed by atoms with Gasteiger partial charge in [0.1, 0.15) is 0 Å². The maximum atomic E-state index is 11.3. The van der Waals surface area contributed by atoms with Gasteiger partial charge < -0.3 is 19.9 Å². The van der Waals surface area contributed by atoms with Gasteiger partial charge in [-0.3, -0.25) is 4.84 Å². The third kappa shape index (κ3) is 3.01. The monoisotopic (exact) mass is 254 g/mol. The number of carboxylic acid groups (broad SMARTS) is 1. The van der Waals surface area contributed by atoms with Crippen molar-refractivity contribution < 1.29 is 29.0 Å². The fraction of sp³-hybridized carbons (Fsp3) is 0.200. The molecule has 1 aromatic rings. The first-order chi connectivity index (χ1) is 8.65. The Morgan fingerprint density at radius 1 is 1.33 bits per heavy atom. The van der Waals surface area contributed by atoms with E-state index in [0.29, 0.717) is 17.2 Å². The van der Waals surface area contributed by atoms with E-state index in [1.807, 2.05) is 5.48 Å². The number of anilines is 1. The molecule has 2 amide bonds. The molecule has 3 N–H and O–H groups in total. The van der Waals surface area contributed by atoms with E-state index in [1.54, 1.807) is 18.2 Å². The maximum absolute atomic E-state index is 11.3. The maximum Gasteiger partial charge on any atom is 0.343 e. The largest absolute Gasteiger partial charge is 0.479 e. The number of carbonyl (C=O) groups excluding carboxylic acids is 1. The van der Waals surface area contributed by atoms with Gasteiger partial charge in [-0.05, 0) is 12.1 Å². The Hall–Kier alpha value is -2.48. The molecule has 8 heteroatoms. The lowest BCUT2D eigenvalue weighted by atomic mass is 10.3. The number of hydroxylamine groups is 1. The van der Waals surface area contributed by atoms with Crippen molar-refractivity contribution in [3.8, 4) is 11.5 Å². The molecule has 1 aliphatic rings. The number of aliphatic carboxylic acids is 1. The third-order valence-electron chi connectivity index (χ3n) is 1.99. The fourth-order valence-electron chi connectivity index (χ4n) is 1.29. The number of benzene rings is 1. The van der Waals surface area contributed by atoms with Crippen LogP contribution in [0.25, 0.3) is 0 Å². The van der Waals surface area contributed by atoms with Gasteiger partial charge >= 0.3 is 12.0 Å². The Labute approximate surface area is 101 Å². The first kappa shape index (κ1) is 12.0. The molecule has 0 saturated heterocycles. The molecule has 0 radical (unpaired) electrons. The highest BCUT2D eigenvalue weighted by molar-refractivity contribution is 5.89. The van der Waals surface area contributed by atoms with Gasteiger partial charge in [-0.2, -0.15) is 0 Å². The number of hydrogen-bond donors (Lipinski definition) is 3. The Balaban J connectivity index is 1.85. The highest BCUT2D eigenvalue weighted by atomic mass is 16.7. The molecule has 0 unspecified atom stereocenters. The van der Waals surface area contributed by atoms with Gasteiger partial charge in [-0.15, -0.1) is 0 Å². The second kappa shape index (κ2) is 5.23. The van der Waals surface area contributed by atoms with Crippen molar-refractivity contribution in [1.82, 2.24) is 5.48 Å². The quantitative estimate of drug-likeness (QED) is 0.677. The molecule has 1 aliphatic heterocycles. The SMILES string of the molecule is O=C(O)CONC(=O)Nc1ccc2c(c1)OCO2. The van der Waals surface area contributed by atoms with Gasteiger partial charge in [-0.25, -0.2) is 15.1 Å². The van der Waals surface area contributed by atoms with E-state index in [2.05, 4.69) is 10.2 Å². The van der Waals surface area contributed by atoms with Gasteiger partial charge in [0.25, 0.3) is 0 Å². The summed E-state index contributed by atoms with van der Waals surface area (Å²) in [6, 6.07) is 4.16. The summed E-state index contributed by atoms with van der Waals surface area (Å²) in [4.78, 5) is 25.8. The normalized spacial score (nSPS) is 12.0. The summed E-state index contributed by atoms with van der Waals surface area (Å²) in [6.45, 7) is -0.471. The molecule has 96 valence electrons. The molecular weight excluding hydrogens is 244 g/mol. The molecule has 0 bridgehead atoms. The average molecular weight is 254 g/mol. The average Bonchev–Trinajstić information content (AvgIpc) is 2.75. The predicted molar refractivity (Wildman–Crippen MR) is 58.3 cm³/mol. The lowest BCUT2D eigenvalue weighted by molar-refractivity contribution is -0.143. The van der Waals surface area contributed by atoms with Gasteiger partial charge in [0.2, 0.25) is 6.79 Å². The molecule has 2 rings (SSSR count). The Bertz CT molecular complexity index is 475. The van der Waals surface area contributed by atoms with Crippen molar-refractivity contribution in [1.29, 1.82) is 0 Å². The van der Waals surface area contributed by atoms with Gasteiger partial charge in [0, 0.05) is 11.8 Å². The molecular formula is C10H10N2O6. The van der Waals surface area contributed by atoms with E-state index in [-0.39, 0.29) is 6.79 Å². The Morgan fingerprint density at radius 2 is 2.11 bits per heavy atom. The van der Waals surface area contributed by atoms with Crippen LogP contribution in [0, 0.1) is 0 Å². The third-order valence-corrected chi connectivity index (χ3v) is 1.99. The lowest BCUT2D eigenvalue weighted by Crippen LogP contribution is -2.30. The van der Waals surface area contributed by atoms with Crippen LogP contribution < -0.4 is 20.3 Å². The topological polar surface area (TPSA) is 106 Å². The van der Waals surface area contributed by atoms with Crippen molar-refractivity contribution in [2.24, 2.45) is 0 Å². The molecule has 0 spiro atoms. The Morgan fingerprint density at radius 3 is 2.89 bits per heavy atom. The minimum atomic E-state index is -1.18. The number of hydrogen-bond acceptors (Lipinski definition) is 5. The van der Waals surface area contributed by atoms with E-state index >= 15 is 0 Å². The summed E-state index contributed by atoms with van der Waals surface area (Å²) in [5.74, 6) is -0.0549. The van der Waals surface area contributed by atoms with Crippen LogP contribution in [0.15, 0.2) is 18.2 Å². The molecule has 18 heavy (non-hydrogen) atoms. The van der Waals surface area contributed by atoms with Crippen LogP contribution in [0.3, 0.4) is 0 Å². The predicted octanol–water partition coefficient (Wildman–Crippen LogP) is 0.553. The Kier molecular flexibility index (Phi) is 3.49. The summed E-state index contributed by atoms with van der Waals surface area (Å²) in [5, 5.41) is 10.7. The lowest BCUT2D eigenvalue weighted by Gasteiger charge is -2.07. The summed E-state index contributed by atoms with van der Waals surface area (Å²) in [5.41, 5.74) is 2.40.